The Balaban J connectivity index is 1.54. The van der Waals surface area contributed by atoms with Crippen LogP contribution in [-0.4, -0.2) is 28.8 Å². The van der Waals surface area contributed by atoms with Crippen LogP contribution in [0.3, 0.4) is 0 Å². The summed E-state index contributed by atoms with van der Waals surface area (Å²) in [5.74, 6) is 0.627. The van der Waals surface area contributed by atoms with Crippen LogP contribution in [0.4, 0.5) is 5.69 Å². The lowest BCUT2D eigenvalue weighted by Crippen LogP contribution is -2.44. The first kappa shape index (κ1) is 19.2. The minimum absolute atomic E-state index is 0.0481. The molecule has 0 spiro atoms. The Kier molecular flexibility index (Phi) is 5.62. The topological polar surface area (TPSA) is 79.0 Å². The summed E-state index contributed by atoms with van der Waals surface area (Å²) < 4.78 is 5.94. The summed E-state index contributed by atoms with van der Waals surface area (Å²) in [5, 5.41) is 13.5. The summed E-state index contributed by atoms with van der Waals surface area (Å²) in [5.41, 5.74) is 6.12. The molecule has 0 unspecified atom stereocenters. The van der Waals surface area contributed by atoms with Gasteiger partial charge in [-0.25, -0.2) is 0 Å². The Morgan fingerprint density at radius 3 is 2.83 bits per heavy atom. The molecule has 150 valence electrons. The van der Waals surface area contributed by atoms with E-state index in [1.165, 1.54) is 11.1 Å². The van der Waals surface area contributed by atoms with E-state index in [4.69, 9.17) is 4.74 Å². The first-order valence-electron chi connectivity index (χ1n) is 10.0. The predicted octanol–water partition coefficient (Wildman–Crippen LogP) is 3.83. The van der Waals surface area contributed by atoms with Crippen molar-refractivity contribution in [2.75, 3.05) is 11.9 Å². The number of benzene rings is 2. The van der Waals surface area contributed by atoms with Gasteiger partial charge in [0.2, 0.25) is 5.91 Å². The molecule has 1 aliphatic heterocycles. The van der Waals surface area contributed by atoms with Crippen molar-refractivity contribution in [1.29, 1.82) is 0 Å². The molecule has 2 heterocycles. The second-order valence-corrected chi connectivity index (χ2v) is 7.34. The van der Waals surface area contributed by atoms with E-state index < -0.39 is 0 Å². The van der Waals surface area contributed by atoms with E-state index in [2.05, 4.69) is 39.9 Å². The number of aromatic nitrogens is 2. The van der Waals surface area contributed by atoms with Crippen LogP contribution in [0.2, 0.25) is 0 Å². The molecule has 0 radical (unpaired) electrons. The standard InChI is InChI=1S/C23H26N4O2/c1-3-10-29-22-12-17(19-14-25-27-15(19)2)8-9-20(22)26-23(28)21-11-16-6-4-5-7-18(16)13-24-21/h4-9,12,14,21,24H,3,10-11,13H2,1-2H3,(H,25,27)(H,26,28)/t21-/m0/s1. The van der Waals surface area contributed by atoms with Gasteiger partial charge in [-0.3, -0.25) is 9.89 Å². The number of ether oxygens (including phenoxy) is 1. The minimum atomic E-state index is -0.264. The maximum absolute atomic E-state index is 12.9. The molecule has 1 amide bonds. The van der Waals surface area contributed by atoms with E-state index in [1.54, 1.807) is 0 Å². The number of aryl methyl sites for hydroxylation is 1. The van der Waals surface area contributed by atoms with Gasteiger partial charge in [0.15, 0.2) is 0 Å². The highest BCUT2D eigenvalue weighted by atomic mass is 16.5. The molecule has 0 saturated carbocycles. The van der Waals surface area contributed by atoms with Gasteiger partial charge in [-0.2, -0.15) is 5.10 Å². The Morgan fingerprint density at radius 1 is 1.24 bits per heavy atom. The van der Waals surface area contributed by atoms with Gasteiger partial charge in [-0.15, -0.1) is 0 Å². The number of carbonyl (C=O) groups is 1. The molecule has 3 N–H and O–H groups in total. The van der Waals surface area contributed by atoms with Crippen LogP contribution in [0.15, 0.2) is 48.7 Å². The van der Waals surface area contributed by atoms with Crippen molar-refractivity contribution in [3.05, 3.63) is 65.5 Å². The van der Waals surface area contributed by atoms with Gasteiger partial charge >= 0.3 is 0 Å². The number of anilines is 1. The molecule has 0 aliphatic carbocycles. The van der Waals surface area contributed by atoms with E-state index in [-0.39, 0.29) is 11.9 Å². The van der Waals surface area contributed by atoms with E-state index in [1.807, 2.05) is 43.5 Å². The Morgan fingerprint density at radius 2 is 2.07 bits per heavy atom. The molecule has 0 saturated heterocycles. The van der Waals surface area contributed by atoms with Gasteiger partial charge in [0, 0.05) is 18.3 Å². The molecule has 6 heteroatoms. The molecular weight excluding hydrogens is 364 g/mol. The summed E-state index contributed by atoms with van der Waals surface area (Å²) in [4.78, 5) is 12.9. The number of carbonyl (C=O) groups excluding carboxylic acids is 1. The van der Waals surface area contributed by atoms with Crippen molar-refractivity contribution in [2.45, 2.75) is 39.3 Å². The molecule has 3 aromatic rings. The zero-order valence-electron chi connectivity index (χ0n) is 16.8. The molecule has 0 bridgehead atoms. The fourth-order valence-electron chi connectivity index (χ4n) is 3.63. The van der Waals surface area contributed by atoms with Crippen LogP contribution < -0.4 is 15.4 Å². The number of nitrogens with zero attached hydrogens (tertiary/aromatic N) is 1. The normalized spacial score (nSPS) is 15.6. The number of aromatic amines is 1. The second-order valence-electron chi connectivity index (χ2n) is 7.34. The summed E-state index contributed by atoms with van der Waals surface area (Å²) in [6, 6.07) is 13.8. The van der Waals surface area contributed by atoms with E-state index in [0.29, 0.717) is 31.0 Å². The molecule has 1 aliphatic rings. The molecule has 1 aromatic heterocycles. The fourth-order valence-corrected chi connectivity index (χ4v) is 3.63. The van der Waals surface area contributed by atoms with Crippen LogP contribution in [0.1, 0.15) is 30.2 Å². The summed E-state index contributed by atoms with van der Waals surface area (Å²) in [6.07, 6.45) is 3.44. The highest BCUT2D eigenvalue weighted by Gasteiger charge is 2.24. The maximum Gasteiger partial charge on any atom is 0.241 e. The first-order chi connectivity index (χ1) is 14.2. The van der Waals surface area contributed by atoms with Gasteiger partial charge in [0.05, 0.1) is 24.0 Å². The van der Waals surface area contributed by atoms with Gasteiger partial charge < -0.3 is 15.4 Å². The summed E-state index contributed by atoms with van der Waals surface area (Å²) in [7, 11) is 0. The lowest BCUT2D eigenvalue weighted by atomic mass is 9.95. The highest BCUT2D eigenvalue weighted by molar-refractivity contribution is 5.97. The number of nitrogens with one attached hydrogen (secondary N) is 3. The number of hydrogen-bond donors (Lipinski definition) is 3. The third-order valence-electron chi connectivity index (χ3n) is 5.24. The molecule has 29 heavy (non-hydrogen) atoms. The number of fused-ring (bicyclic) bond motifs is 1. The predicted molar refractivity (Wildman–Crippen MR) is 114 cm³/mol. The molecule has 1 atom stereocenters. The molecular formula is C23H26N4O2. The Labute approximate surface area is 170 Å². The largest absolute Gasteiger partial charge is 0.491 e. The van der Waals surface area contributed by atoms with Gasteiger partial charge in [-0.1, -0.05) is 37.3 Å². The number of rotatable bonds is 6. The van der Waals surface area contributed by atoms with Crippen LogP contribution in [0, 0.1) is 6.92 Å². The maximum atomic E-state index is 12.9. The lowest BCUT2D eigenvalue weighted by Gasteiger charge is -2.25. The average molecular weight is 390 g/mol. The van der Waals surface area contributed by atoms with Gasteiger partial charge in [0.25, 0.3) is 0 Å². The summed E-state index contributed by atoms with van der Waals surface area (Å²) in [6.45, 7) is 5.31. The number of amides is 1. The van der Waals surface area contributed by atoms with E-state index in [0.717, 1.165) is 23.2 Å². The molecule has 6 nitrogen and oxygen atoms in total. The highest BCUT2D eigenvalue weighted by Crippen LogP contribution is 2.32. The number of hydrogen-bond acceptors (Lipinski definition) is 4. The first-order valence-corrected chi connectivity index (χ1v) is 10.0. The fraction of sp³-hybridized carbons (Fsp3) is 0.304. The van der Waals surface area contributed by atoms with Crippen LogP contribution in [0.5, 0.6) is 5.75 Å². The lowest BCUT2D eigenvalue weighted by molar-refractivity contribution is -0.118. The van der Waals surface area contributed by atoms with Crippen molar-refractivity contribution in [3.63, 3.8) is 0 Å². The van der Waals surface area contributed by atoms with Crippen molar-refractivity contribution in [2.24, 2.45) is 0 Å². The quantitative estimate of drug-likeness (QED) is 0.598. The Hall–Kier alpha value is -3.12. The smallest absolute Gasteiger partial charge is 0.241 e. The SMILES string of the molecule is CCCOc1cc(-c2c[nH]nc2C)ccc1NC(=O)[C@@H]1Cc2ccccc2CN1. The zero-order chi connectivity index (χ0) is 20.2. The second kappa shape index (κ2) is 8.49. The Bertz CT molecular complexity index is 1010. The zero-order valence-corrected chi connectivity index (χ0v) is 16.8. The molecule has 2 aromatic carbocycles. The number of H-pyrrole nitrogens is 1. The van der Waals surface area contributed by atoms with Gasteiger partial charge in [-0.05, 0) is 48.6 Å². The monoisotopic (exact) mass is 390 g/mol. The van der Waals surface area contributed by atoms with Crippen LogP contribution in [0.25, 0.3) is 11.1 Å². The van der Waals surface area contributed by atoms with E-state index in [9.17, 15) is 4.79 Å². The van der Waals surface area contributed by atoms with Crippen LogP contribution in [-0.2, 0) is 17.8 Å². The summed E-state index contributed by atoms with van der Waals surface area (Å²) >= 11 is 0. The van der Waals surface area contributed by atoms with Crippen molar-refractivity contribution >= 4 is 11.6 Å². The van der Waals surface area contributed by atoms with Crippen molar-refractivity contribution < 1.29 is 9.53 Å². The third kappa shape index (κ3) is 4.17. The third-order valence-corrected chi connectivity index (χ3v) is 5.24. The molecule has 4 rings (SSSR count). The minimum Gasteiger partial charge on any atom is -0.491 e. The van der Waals surface area contributed by atoms with Gasteiger partial charge in [0.1, 0.15) is 5.75 Å². The van der Waals surface area contributed by atoms with E-state index >= 15 is 0 Å². The average Bonchev–Trinajstić information content (AvgIpc) is 3.18. The molecule has 0 fully saturated rings. The van der Waals surface area contributed by atoms with Crippen molar-refractivity contribution in [3.8, 4) is 16.9 Å². The van der Waals surface area contributed by atoms with Crippen molar-refractivity contribution in [1.82, 2.24) is 15.5 Å². The van der Waals surface area contributed by atoms with Crippen LogP contribution >= 0.6 is 0 Å².